The molecular weight excluding hydrogens is 300 g/mol. The predicted octanol–water partition coefficient (Wildman–Crippen LogP) is 4.00. The van der Waals surface area contributed by atoms with Crippen molar-refractivity contribution in [2.45, 2.75) is 6.54 Å². The lowest BCUT2D eigenvalue weighted by atomic mass is 10.2. The number of ether oxygens (including phenoxy) is 1. The van der Waals surface area contributed by atoms with Crippen LogP contribution in [0.3, 0.4) is 0 Å². The molecule has 3 rings (SSSR count). The lowest BCUT2D eigenvalue weighted by molar-refractivity contribution is 0.0743. The van der Waals surface area contributed by atoms with Crippen LogP contribution in [0.5, 0.6) is 11.5 Å². The van der Waals surface area contributed by atoms with E-state index >= 15 is 0 Å². The van der Waals surface area contributed by atoms with Crippen molar-refractivity contribution in [3.05, 3.63) is 96.1 Å². The Morgan fingerprint density at radius 1 is 0.833 bits per heavy atom. The number of hydrazine groups is 1. The van der Waals surface area contributed by atoms with Gasteiger partial charge in [0.05, 0.1) is 6.54 Å². The Morgan fingerprint density at radius 2 is 1.46 bits per heavy atom. The van der Waals surface area contributed by atoms with Gasteiger partial charge in [-0.15, -0.1) is 0 Å². The quantitative estimate of drug-likeness (QED) is 0.439. The van der Waals surface area contributed by atoms with Crippen LogP contribution in [0.1, 0.15) is 15.9 Å². The highest BCUT2D eigenvalue weighted by atomic mass is 16.5. The molecule has 1 amide bonds. The molecule has 0 saturated heterocycles. The number of carbonyl (C=O) groups excluding carboxylic acids is 1. The van der Waals surface area contributed by atoms with Gasteiger partial charge in [0.25, 0.3) is 5.91 Å². The number of para-hydroxylation sites is 1. The summed E-state index contributed by atoms with van der Waals surface area (Å²) in [6.07, 6.45) is 0. The zero-order valence-corrected chi connectivity index (χ0v) is 13.1. The molecule has 0 saturated carbocycles. The molecule has 0 heterocycles. The fourth-order valence-electron chi connectivity index (χ4n) is 2.35. The van der Waals surface area contributed by atoms with Gasteiger partial charge in [-0.3, -0.25) is 9.80 Å². The summed E-state index contributed by atoms with van der Waals surface area (Å²) in [4.78, 5) is 12.3. The van der Waals surface area contributed by atoms with Crippen LogP contribution in [0.2, 0.25) is 0 Å². The Bertz CT molecular complexity index is 804. The van der Waals surface area contributed by atoms with Crippen molar-refractivity contribution in [2.75, 3.05) is 0 Å². The maximum Gasteiger partial charge on any atom is 0.268 e. The average Bonchev–Trinajstić information content (AvgIpc) is 2.63. The molecule has 0 fully saturated rings. The highest BCUT2D eigenvalue weighted by molar-refractivity contribution is 5.93. The number of nitrogens with zero attached hydrogens (tertiary/aromatic N) is 1. The summed E-state index contributed by atoms with van der Waals surface area (Å²) >= 11 is 0. The number of hydrogen-bond donors (Lipinski definition) is 1. The maximum atomic E-state index is 12.3. The minimum absolute atomic E-state index is 0.218. The summed E-state index contributed by atoms with van der Waals surface area (Å²) in [5, 5.41) is 1.21. The molecule has 0 spiro atoms. The third-order valence-electron chi connectivity index (χ3n) is 3.51. The number of nitrogens with two attached hydrogens (primary N) is 1. The molecular formula is C20H18N2O2. The summed E-state index contributed by atoms with van der Waals surface area (Å²) in [7, 11) is 0. The summed E-state index contributed by atoms with van der Waals surface area (Å²) in [5.41, 5.74) is 1.46. The van der Waals surface area contributed by atoms with E-state index in [-0.39, 0.29) is 5.91 Å². The van der Waals surface area contributed by atoms with E-state index in [1.54, 1.807) is 12.1 Å². The summed E-state index contributed by atoms with van der Waals surface area (Å²) in [6.45, 7) is 0.305. The van der Waals surface area contributed by atoms with Crippen LogP contribution in [0, 0.1) is 0 Å². The van der Waals surface area contributed by atoms with Crippen molar-refractivity contribution in [1.82, 2.24) is 5.01 Å². The molecule has 0 aliphatic heterocycles. The second-order valence-electron chi connectivity index (χ2n) is 5.36. The largest absolute Gasteiger partial charge is 0.457 e. The maximum absolute atomic E-state index is 12.3. The Balaban J connectivity index is 1.69. The van der Waals surface area contributed by atoms with Crippen LogP contribution in [0.15, 0.2) is 84.9 Å². The molecule has 4 heteroatoms. The third-order valence-corrected chi connectivity index (χ3v) is 3.51. The van der Waals surface area contributed by atoms with Crippen LogP contribution in [-0.2, 0) is 6.54 Å². The third kappa shape index (κ3) is 4.00. The number of rotatable bonds is 5. The van der Waals surface area contributed by atoms with Gasteiger partial charge in [-0.25, -0.2) is 5.84 Å². The topological polar surface area (TPSA) is 55.6 Å². The van der Waals surface area contributed by atoms with E-state index in [0.717, 1.165) is 11.3 Å². The average molecular weight is 318 g/mol. The standard InChI is InChI=1S/C20H18N2O2/c21-22(20(23)17-9-3-1-4-10-17)15-16-8-7-13-19(14-16)24-18-11-5-2-6-12-18/h1-14H,15,21H2. The molecule has 3 aromatic carbocycles. The molecule has 3 aromatic rings. The van der Waals surface area contributed by atoms with Gasteiger partial charge in [-0.05, 0) is 42.0 Å². The SMILES string of the molecule is NN(Cc1cccc(Oc2ccccc2)c1)C(=O)c1ccccc1. The molecule has 2 N–H and O–H groups in total. The highest BCUT2D eigenvalue weighted by Crippen LogP contribution is 2.22. The van der Waals surface area contributed by atoms with Crippen molar-refractivity contribution in [2.24, 2.45) is 5.84 Å². The van der Waals surface area contributed by atoms with Gasteiger partial charge in [-0.1, -0.05) is 48.5 Å². The van der Waals surface area contributed by atoms with Crippen molar-refractivity contribution < 1.29 is 9.53 Å². The normalized spacial score (nSPS) is 10.2. The van der Waals surface area contributed by atoms with Gasteiger partial charge < -0.3 is 4.74 Å². The molecule has 0 unspecified atom stereocenters. The fraction of sp³-hybridized carbons (Fsp3) is 0.0500. The van der Waals surface area contributed by atoms with Gasteiger partial charge in [0, 0.05) is 5.56 Å². The molecule has 0 bridgehead atoms. The van der Waals surface area contributed by atoms with Crippen molar-refractivity contribution in [1.29, 1.82) is 0 Å². The number of carbonyl (C=O) groups is 1. The zero-order chi connectivity index (χ0) is 16.8. The molecule has 0 radical (unpaired) electrons. The van der Waals surface area contributed by atoms with Crippen LogP contribution < -0.4 is 10.6 Å². The van der Waals surface area contributed by atoms with Crippen LogP contribution in [0.25, 0.3) is 0 Å². The monoisotopic (exact) mass is 318 g/mol. The summed E-state index contributed by atoms with van der Waals surface area (Å²) < 4.78 is 5.80. The van der Waals surface area contributed by atoms with E-state index in [2.05, 4.69) is 0 Å². The molecule has 4 nitrogen and oxygen atoms in total. The first-order valence-electron chi connectivity index (χ1n) is 7.66. The second kappa shape index (κ2) is 7.44. The van der Waals surface area contributed by atoms with Gasteiger partial charge in [0.15, 0.2) is 0 Å². The summed E-state index contributed by atoms with van der Waals surface area (Å²) in [5.74, 6) is 7.18. The predicted molar refractivity (Wildman–Crippen MR) is 93.5 cm³/mol. The molecule has 0 aromatic heterocycles. The zero-order valence-electron chi connectivity index (χ0n) is 13.1. The van der Waals surface area contributed by atoms with Crippen LogP contribution in [-0.4, -0.2) is 10.9 Å². The summed E-state index contributed by atoms with van der Waals surface area (Å²) in [6, 6.07) is 26.1. The molecule has 24 heavy (non-hydrogen) atoms. The van der Waals surface area contributed by atoms with E-state index in [0.29, 0.717) is 17.9 Å². The van der Waals surface area contributed by atoms with E-state index in [1.165, 1.54) is 5.01 Å². The van der Waals surface area contributed by atoms with Crippen molar-refractivity contribution in [3.8, 4) is 11.5 Å². The molecule has 0 aliphatic rings. The number of hydrogen-bond acceptors (Lipinski definition) is 3. The second-order valence-corrected chi connectivity index (χ2v) is 5.36. The Morgan fingerprint density at radius 3 is 2.17 bits per heavy atom. The van der Waals surface area contributed by atoms with Crippen molar-refractivity contribution >= 4 is 5.91 Å². The first-order valence-corrected chi connectivity index (χ1v) is 7.66. The van der Waals surface area contributed by atoms with Gasteiger partial charge in [0.1, 0.15) is 11.5 Å². The number of amides is 1. The van der Waals surface area contributed by atoms with Crippen molar-refractivity contribution in [3.63, 3.8) is 0 Å². The highest BCUT2D eigenvalue weighted by Gasteiger charge is 2.12. The van der Waals surface area contributed by atoms with E-state index in [4.69, 9.17) is 10.6 Å². The smallest absolute Gasteiger partial charge is 0.268 e. The lowest BCUT2D eigenvalue weighted by Crippen LogP contribution is -2.36. The first-order chi connectivity index (χ1) is 11.7. The number of benzene rings is 3. The molecule has 0 aliphatic carbocycles. The fourth-order valence-corrected chi connectivity index (χ4v) is 2.35. The Kier molecular flexibility index (Phi) is 4.89. The lowest BCUT2D eigenvalue weighted by Gasteiger charge is -2.17. The van der Waals surface area contributed by atoms with Gasteiger partial charge in [-0.2, -0.15) is 0 Å². The van der Waals surface area contributed by atoms with Crippen LogP contribution >= 0.6 is 0 Å². The van der Waals surface area contributed by atoms with E-state index < -0.39 is 0 Å². The van der Waals surface area contributed by atoms with Gasteiger partial charge in [0.2, 0.25) is 0 Å². The van der Waals surface area contributed by atoms with Crippen LogP contribution in [0.4, 0.5) is 0 Å². The minimum Gasteiger partial charge on any atom is -0.457 e. The Labute approximate surface area is 141 Å². The Hall–Kier alpha value is -3.11. The van der Waals surface area contributed by atoms with Gasteiger partial charge >= 0.3 is 0 Å². The molecule has 120 valence electrons. The molecule has 0 atom stereocenters. The van der Waals surface area contributed by atoms with E-state index in [9.17, 15) is 4.79 Å². The van der Waals surface area contributed by atoms with E-state index in [1.807, 2.05) is 72.8 Å². The first kappa shape index (κ1) is 15.8. The minimum atomic E-state index is -0.218.